The van der Waals surface area contributed by atoms with Gasteiger partial charge in [0, 0.05) is 23.4 Å². The Morgan fingerprint density at radius 2 is 1.31 bits per heavy atom. The average Bonchev–Trinajstić information content (AvgIpc) is 3.62. The van der Waals surface area contributed by atoms with Gasteiger partial charge in [-0.3, -0.25) is 0 Å². The molecule has 0 saturated heterocycles. The number of nitrogens with zero attached hydrogens (tertiary/aromatic N) is 2. The molecule has 8 aromatic rings. The molecule has 0 atom stereocenters. The summed E-state index contributed by atoms with van der Waals surface area (Å²) in [6.07, 6.45) is 6.73. The van der Waals surface area contributed by atoms with Crippen molar-refractivity contribution in [1.29, 1.82) is 0 Å². The Kier molecular flexibility index (Phi) is 8.50. The highest BCUT2D eigenvalue weighted by atomic mass is 32.2. The van der Waals surface area contributed by atoms with E-state index in [0.717, 1.165) is 5.56 Å². The fourth-order valence-electron chi connectivity index (χ4n) is 6.15. The molecule has 0 saturated carbocycles. The minimum Gasteiger partial charge on any atom is -0.744 e. The smallest absolute Gasteiger partial charge is 0.262 e. The molecular weight excluding hydrogens is 633 g/mol. The van der Waals surface area contributed by atoms with E-state index in [0.29, 0.717) is 0 Å². The molecule has 0 N–H and O–H groups in total. The number of thiazole rings is 1. The highest BCUT2D eigenvalue weighted by molar-refractivity contribution is 7.85. The normalized spacial score (nSPS) is 11.7. The number of rotatable bonds is 5. The molecule has 0 aliphatic heterocycles. The van der Waals surface area contributed by atoms with Crippen molar-refractivity contribution in [3.63, 3.8) is 0 Å². The van der Waals surface area contributed by atoms with Crippen LogP contribution in [0.25, 0.3) is 60.9 Å². The Morgan fingerprint density at radius 3 is 2.00 bits per heavy atom. The van der Waals surface area contributed by atoms with Crippen molar-refractivity contribution in [2.24, 2.45) is 7.05 Å². The third kappa shape index (κ3) is 6.07. The van der Waals surface area contributed by atoms with Crippen molar-refractivity contribution >= 4 is 60.1 Å². The lowest BCUT2D eigenvalue weighted by atomic mass is 9.95. The van der Waals surface area contributed by atoms with Gasteiger partial charge in [0.15, 0.2) is 0 Å². The van der Waals surface area contributed by atoms with Crippen molar-refractivity contribution in [3.8, 4) is 22.3 Å². The van der Waals surface area contributed by atoms with Crippen LogP contribution >= 0.6 is 11.3 Å². The largest absolute Gasteiger partial charge is 0.744 e. The zero-order valence-electron chi connectivity index (χ0n) is 26.4. The molecule has 5 aromatic carbocycles. The molecule has 0 aliphatic carbocycles. The predicted octanol–water partition coefficient (Wildman–Crippen LogP) is 9.54. The Hall–Kier alpha value is -5.34. The molecule has 3 aromatic heterocycles. The number of benzene rings is 5. The molecule has 236 valence electrons. The molecule has 0 bridgehead atoms. The first kappa shape index (κ1) is 31.3. The molecule has 0 unspecified atom stereocenters. The van der Waals surface area contributed by atoms with Crippen LogP contribution in [-0.2, 0) is 17.2 Å². The van der Waals surface area contributed by atoms with Crippen LogP contribution in [0.3, 0.4) is 0 Å². The molecule has 0 amide bonds. The van der Waals surface area contributed by atoms with E-state index in [2.05, 4.69) is 150 Å². The number of fused-ring (bicyclic) bond motifs is 4. The third-order valence-corrected chi connectivity index (χ3v) is 10.5. The molecule has 0 fully saturated rings. The number of hydrogen-bond acceptors (Lipinski definition) is 4. The first-order valence-corrected chi connectivity index (χ1v) is 17.8. The van der Waals surface area contributed by atoms with Crippen LogP contribution in [-0.4, -0.2) is 17.4 Å². The van der Waals surface area contributed by atoms with E-state index in [1.165, 1.54) is 71.6 Å². The van der Waals surface area contributed by atoms with Crippen LogP contribution in [0.15, 0.2) is 151 Å². The van der Waals surface area contributed by atoms with Crippen LogP contribution in [0, 0.1) is 6.92 Å². The van der Waals surface area contributed by atoms with Crippen LogP contribution in [0.1, 0.15) is 16.3 Å². The molecule has 5 nitrogen and oxygen atoms in total. The van der Waals surface area contributed by atoms with E-state index in [-0.39, 0.29) is 4.90 Å². The number of aryl methyl sites for hydroxylation is 2. The summed E-state index contributed by atoms with van der Waals surface area (Å²) in [5, 5.41) is 3.79. The van der Waals surface area contributed by atoms with Gasteiger partial charge in [-0.05, 0) is 65.9 Å². The minimum absolute atomic E-state index is 0.178. The third-order valence-electron chi connectivity index (χ3n) is 8.44. The van der Waals surface area contributed by atoms with Gasteiger partial charge in [-0.15, -0.1) is 0 Å². The van der Waals surface area contributed by atoms with E-state index in [1.54, 1.807) is 12.1 Å². The van der Waals surface area contributed by atoms with Crippen LogP contribution < -0.4 is 4.57 Å². The maximum Gasteiger partial charge on any atom is 0.262 e. The van der Waals surface area contributed by atoms with E-state index < -0.39 is 10.1 Å². The molecule has 0 radical (unpaired) electrons. The summed E-state index contributed by atoms with van der Waals surface area (Å²) in [6.45, 7) is 1.82. The Morgan fingerprint density at radius 1 is 0.688 bits per heavy atom. The van der Waals surface area contributed by atoms with E-state index in [1.807, 2.05) is 18.3 Å². The topological polar surface area (TPSA) is 65.5 Å². The molecule has 0 aliphatic rings. The van der Waals surface area contributed by atoms with Crippen LogP contribution in [0.4, 0.5) is 0 Å². The number of aromatic nitrogens is 2. The van der Waals surface area contributed by atoms with Gasteiger partial charge in [-0.2, -0.15) is 4.57 Å². The van der Waals surface area contributed by atoms with Gasteiger partial charge in [-0.25, -0.2) is 8.42 Å². The maximum atomic E-state index is 10.4. The zero-order valence-corrected chi connectivity index (χ0v) is 28.1. The van der Waals surface area contributed by atoms with Crippen LogP contribution in [0.2, 0.25) is 0 Å². The summed E-state index contributed by atoms with van der Waals surface area (Å²) >= 11 is 1.84. The first-order chi connectivity index (χ1) is 23.3. The highest BCUT2D eigenvalue weighted by Crippen LogP contribution is 2.41. The fraction of sp³-hybridized carbons (Fsp3) is 0.0488. The standard InChI is InChI=1S/C34H25N2S.C7H8O3S/c1-35-31(37-30-21-19-24-12-8-9-17-27(24)34(30)35)22-20-29-33(26-15-6-3-7-16-26)32(25-13-4-2-5-14-25)28-18-10-11-23-36(28)29;1-6-2-4-7(5-3-6)11(8,9)10/h2-23H,1H3;2-5H,1H3,(H,8,9,10)/q+1;/p-1. The van der Waals surface area contributed by atoms with E-state index in [4.69, 9.17) is 0 Å². The van der Waals surface area contributed by atoms with Crippen molar-refractivity contribution in [1.82, 2.24) is 4.40 Å². The quantitative estimate of drug-likeness (QED) is 0.136. The molecule has 3 heterocycles. The van der Waals surface area contributed by atoms with Crippen molar-refractivity contribution in [2.45, 2.75) is 11.8 Å². The van der Waals surface area contributed by atoms with E-state index >= 15 is 0 Å². The fourth-order valence-corrected chi connectivity index (χ4v) is 7.69. The second kappa shape index (κ2) is 13.0. The predicted molar refractivity (Wildman–Crippen MR) is 197 cm³/mol. The molecule has 48 heavy (non-hydrogen) atoms. The lowest BCUT2D eigenvalue weighted by Gasteiger charge is -2.07. The van der Waals surface area contributed by atoms with Crippen molar-refractivity contribution < 1.29 is 17.5 Å². The SMILES string of the molecule is C[n+]1c(/C=C/c2c(-c3ccccc3)c(-c3ccccc3)c3ccccn23)sc2ccc3ccccc3c21.Cc1ccc(S(=O)(=O)[O-])cc1. The highest BCUT2D eigenvalue weighted by Gasteiger charge is 2.21. The second-order valence-electron chi connectivity index (χ2n) is 11.6. The summed E-state index contributed by atoms with van der Waals surface area (Å²) in [4.78, 5) is -0.178. The Balaban J connectivity index is 0.000000284. The van der Waals surface area contributed by atoms with Crippen LogP contribution in [0.5, 0.6) is 0 Å². The van der Waals surface area contributed by atoms with Gasteiger partial charge in [-0.1, -0.05) is 120 Å². The lowest BCUT2D eigenvalue weighted by molar-refractivity contribution is -0.641. The summed E-state index contributed by atoms with van der Waals surface area (Å²) in [5.74, 6) is 0. The molecule has 0 spiro atoms. The number of hydrogen-bond donors (Lipinski definition) is 0. The van der Waals surface area contributed by atoms with Gasteiger partial charge >= 0.3 is 0 Å². The van der Waals surface area contributed by atoms with E-state index in [9.17, 15) is 13.0 Å². The summed E-state index contributed by atoms with van der Waals surface area (Å²) in [5.41, 5.74) is 9.57. The van der Waals surface area contributed by atoms with Crippen molar-refractivity contribution in [3.05, 3.63) is 162 Å². The zero-order chi connectivity index (χ0) is 33.3. The Labute approximate surface area is 284 Å². The molecule has 8 rings (SSSR count). The molecule has 7 heteroatoms. The summed E-state index contributed by atoms with van der Waals surface area (Å²) in [7, 11) is -2.09. The van der Waals surface area contributed by atoms with Crippen molar-refractivity contribution in [2.75, 3.05) is 0 Å². The minimum atomic E-state index is -4.27. The lowest BCUT2D eigenvalue weighted by Crippen LogP contribution is -2.29. The number of pyridine rings is 1. The Bertz CT molecular complexity index is 2530. The first-order valence-electron chi connectivity index (χ1n) is 15.5. The van der Waals surface area contributed by atoms with Gasteiger partial charge in [0.05, 0.1) is 21.5 Å². The average molecular weight is 665 g/mol. The molecular formula is C41H32N2O3S2. The van der Waals surface area contributed by atoms with Gasteiger partial charge in [0.25, 0.3) is 5.01 Å². The summed E-state index contributed by atoms with van der Waals surface area (Å²) in [6, 6.07) is 46.8. The summed E-state index contributed by atoms with van der Waals surface area (Å²) < 4.78 is 37.1. The van der Waals surface area contributed by atoms with Gasteiger partial charge < -0.3 is 8.95 Å². The van der Waals surface area contributed by atoms with Gasteiger partial charge in [0.1, 0.15) is 21.9 Å². The monoisotopic (exact) mass is 664 g/mol. The maximum absolute atomic E-state index is 10.4. The van der Waals surface area contributed by atoms with Gasteiger partial charge in [0.2, 0.25) is 5.52 Å². The second-order valence-corrected chi connectivity index (χ2v) is 14.0.